The number of primary amides is 1. The third-order valence-corrected chi connectivity index (χ3v) is 3.29. The summed E-state index contributed by atoms with van der Waals surface area (Å²) in [6, 6.07) is 6.14. The minimum atomic E-state index is -0.501. The van der Waals surface area contributed by atoms with E-state index in [2.05, 4.69) is 10.2 Å². The summed E-state index contributed by atoms with van der Waals surface area (Å²) in [4.78, 5) is 11.6. The summed E-state index contributed by atoms with van der Waals surface area (Å²) in [5.74, 6) is -0.832. The van der Waals surface area contributed by atoms with Crippen LogP contribution in [0, 0.1) is 5.82 Å². The van der Waals surface area contributed by atoms with Crippen LogP contribution in [-0.4, -0.2) is 22.4 Å². The number of nitrogens with one attached hydrogen (secondary N) is 1. The topological polar surface area (TPSA) is 71.8 Å². The van der Waals surface area contributed by atoms with Gasteiger partial charge in [0.2, 0.25) is 0 Å². The summed E-state index contributed by atoms with van der Waals surface area (Å²) in [6.45, 7) is 8.00. The van der Waals surface area contributed by atoms with Crippen LogP contribution in [-0.2, 0) is 4.79 Å². The van der Waals surface area contributed by atoms with E-state index >= 15 is 0 Å². The summed E-state index contributed by atoms with van der Waals surface area (Å²) in [5.41, 5.74) is 7.25. The first-order valence-electron chi connectivity index (χ1n) is 7.46. The predicted molar refractivity (Wildman–Crippen MR) is 97.4 cm³/mol. The molecular formula is C17H24FN3OS. The number of rotatable bonds is 4. The van der Waals surface area contributed by atoms with E-state index in [1.165, 1.54) is 23.9 Å². The van der Waals surface area contributed by atoms with Gasteiger partial charge in [-0.05, 0) is 24.5 Å². The number of benzene rings is 1. The molecule has 2 aromatic rings. The van der Waals surface area contributed by atoms with Crippen LogP contribution >= 0.6 is 11.8 Å². The van der Waals surface area contributed by atoms with Crippen molar-refractivity contribution in [1.82, 2.24) is 10.2 Å². The number of H-pyrrole nitrogens is 1. The lowest BCUT2D eigenvalue weighted by atomic mass is 10.1. The lowest BCUT2D eigenvalue weighted by molar-refractivity contribution is -0.113. The third-order valence-electron chi connectivity index (χ3n) is 2.53. The molecule has 0 atom stereocenters. The maximum atomic E-state index is 13.2. The molecule has 0 fully saturated rings. The molecule has 4 nitrogen and oxygen atoms in total. The molecule has 0 aliphatic rings. The van der Waals surface area contributed by atoms with Gasteiger partial charge in [-0.25, -0.2) is 4.39 Å². The molecule has 0 radical (unpaired) electrons. The normalized spacial score (nSPS) is 10.1. The van der Waals surface area contributed by atoms with Crippen molar-refractivity contribution >= 4 is 23.7 Å². The van der Waals surface area contributed by atoms with Crippen molar-refractivity contribution in [2.24, 2.45) is 5.73 Å². The molecule has 6 heteroatoms. The van der Waals surface area contributed by atoms with Gasteiger partial charge in [0, 0.05) is 11.1 Å². The largest absolute Gasteiger partial charge is 0.365 e. The Bertz CT molecular complexity index is 638. The monoisotopic (exact) mass is 337 g/mol. The number of carbonyl (C=O) groups excluding carboxylic acids is 1. The van der Waals surface area contributed by atoms with Gasteiger partial charge in [-0.2, -0.15) is 5.10 Å². The highest BCUT2D eigenvalue weighted by atomic mass is 32.2. The maximum absolute atomic E-state index is 13.2. The average Bonchev–Trinajstić information content (AvgIpc) is 3.04. The van der Waals surface area contributed by atoms with Crippen molar-refractivity contribution < 1.29 is 9.18 Å². The van der Waals surface area contributed by atoms with Gasteiger partial charge in [-0.15, -0.1) is 11.8 Å². The summed E-state index contributed by atoms with van der Waals surface area (Å²) in [6.07, 6.45) is 4.97. The zero-order valence-corrected chi connectivity index (χ0v) is 15.0. The van der Waals surface area contributed by atoms with Crippen molar-refractivity contribution in [3.63, 3.8) is 0 Å². The Hall–Kier alpha value is -2.08. The number of aromatic amines is 1. The maximum Gasteiger partial charge on any atom is 0.255 e. The molecule has 0 saturated carbocycles. The summed E-state index contributed by atoms with van der Waals surface area (Å²) >= 11 is 1.25. The second-order valence-electron chi connectivity index (χ2n) is 3.79. The Morgan fingerprint density at radius 2 is 1.96 bits per heavy atom. The molecule has 1 aromatic heterocycles. The quantitative estimate of drug-likeness (QED) is 0.809. The highest BCUT2D eigenvalue weighted by Gasteiger charge is 2.10. The van der Waals surface area contributed by atoms with E-state index < -0.39 is 5.91 Å². The molecule has 3 N–H and O–H groups in total. The van der Waals surface area contributed by atoms with E-state index in [1.807, 2.05) is 27.7 Å². The Morgan fingerprint density at radius 1 is 1.30 bits per heavy atom. The molecule has 0 aliphatic heterocycles. The van der Waals surface area contributed by atoms with E-state index in [0.717, 1.165) is 0 Å². The number of carbonyl (C=O) groups is 1. The van der Waals surface area contributed by atoms with Crippen LogP contribution in [0.1, 0.15) is 33.3 Å². The fraction of sp³-hybridized carbons (Fsp3) is 0.294. The second kappa shape index (κ2) is 11.5. The van der Waals surface area contributed by atoms with Gasteiger partial charge in [0.05, 0.1) is 16.8 Å². The number of nitrogens with two attached hydrogens (primary N) is 1. The fourth-order valence-corrected chi connectivity index (χ4v) is 2.10. The minimum Gasteiger partial charge on any atom is -0.365 e. The molecule has 0 bridgehead atoms. The van der Waals surface area contributed by atoms with Crippen molar-refractivity contribution in [1.29, 1.82) is 0 Å². The molecule has 1 heterocycles. The van der Waals surface area contributed by atoms with Crippen molar-refractivity contribution in [2.75, 3.05) is 6.26 Å². The Morgan fingerprint density at radius 3 is 2.48 bits per heavy atom. The zero-order valence-electron chi connectivity index (χ0n) is 14.2. The van der Waals surface area contributed by atoms with E-state index in [1.54, 1.807) is 30.7 Å². The number of halogens is 1. The first kappa shape index (κ1) is 20.9. The van der Waals surface area contributed by atoms with Gasteiger partial charge in [0.25, 0.3) is 5.91 Å². The average molecular weight is 337 g/mol. The van der Waals surface area contributed by atoms with Crippen molar-refractivity contribution in [2.45, 2.75) is 27.7 Å². The van der Waals surface area contributed by atoms with E-state index in [9.17, 15) is 9.18 Å². The molecule has 126 valence electrons. The minimum absolute atomic E-state index is 0.331. The van der Waals surface area contributed by atoms with Gasteiger partial charge in [0.1, 0.15) is 5.82 Å². The lowest BCUT2D eigenvalue weighted by Gasteiger charge is -2.02. The standard InChI is InChI=1S/C13H12FN3OS.2C2H6/c1-19-11(13(15)18)6-9-7-16-17-12(9)8-3-2-4-10(14)5-8;2*1-2/h2-7H,1H3,(H2,15,18)(H,16,17);2*1-2H3/b11-6-;;. The SMILES string of the molecule is CC.CC.CS/C(=C\c1cn[nH]c1-c1cccc(F)c1)C(N)=O. The van der Waals surface area contributed by atoms with Crippen LogP contribution in [0.5, 0.6) is 0 Å². The molecule has 0 spiro atoms. The molecular weight excluding hydrogens is 313 g/mol. The van der Waals surface area contributed by atoms with E-state index in [-0.39, 0.29) is 5.82 Å². The Balaban J connectivity index is 0.00000112. The summed E-state index contributed by atoms with van der Waals surface area (Å²) in [5, 5.41) is 6.72. The number of hydrogen-bond donors (Lipinski definition) is 2. The molecule has 0 aliphatic carbocycles. The zero-order chi connectivity index (χ0) is 17.8. The van der Waals surface area contributed by atoms with Crippen LogP contribution in [0.25, 0.3) is 17.3 Å². The predicted octanol–water partition coefficient (Wildman–Crippen LogP) is 4.46. The smallest absolute Gasteiger partial charge is 0.255 e. The van der Waals surface area contributed by atoms with Gasteiger partial charge in [0.15, 0.2) is 0 Å². The highest BCUT2D eigenvalue weighted by molar-refractivity contribution is 8.03. The van der Waals surface area contributed by atoms with Gasteiger partial charge in [-0.3, -0.25) is 9.89 Å². The van der Waals surface area contributed by atoms with Gasteiger partial charge in [-0.1, -0.05) is 39.8 Å². The number of aromatic nitrogens is 2. The molecule has 1 aromatic carbocycles. The number of hydrogen-bond acceptors (Lipinski definition) is 3. The van der Waals surface area contributed by atoms with Crippen LogP contribution < -0.4 is 5.73 Å². The third kappa shape index (κ3) is 6.28. The van der Waals surface area contributed by atoms with Crippen molar-refractivity contribution in [3.05, 3.63) is 46.7 Å². The van der Waals surface area contributed by atoms with Crippen LogP contribution in [0.3, 0.4) is 0 Å². The number of nitrogens with zero attached hydrogens (tertiary/aromatic N) is 1. The summed E-state index contributed by atoms with van der Waals surface area (Å²) < 4.78 is 13.2. The van der Waals surface area contributed by atoms with Crippen LogP contribution in [0.4, 0.5) is 4.39 Å². The van der Waals surface area contributed by atoms with Crippen LogP contribution in [0.2, 0.25) is 0 Å². The molecule has 23 heavy (non-hydrogen) atoms. The van der Waals surface area contributed by atoms with E-state index in [4.69, 9.17) is 5.73 Å². The van der Waals surface area contributed by atoms with Gasteiger partial charge >= 0.3 is 0 Å². The number of amides is 1. The van der Waals surface area contributed by atoms with Gasteiger partial charge < -0.3 is 5.73 Å². The first-order chi connectivity index (χ1) is 11.1. The summed E-state index contributed by atoms with van der Waals surface area (Å²) in [7, 11) is 0. The molecule has 1 amide bonds. The Labute approximate surface area is 141 Å². The van der Waals surface area contributed by atoms with Crippen molar-refractivity contribution in [3.8, 4) is 11.3 Å². The number of thioether (sulfide) groups is 1. The van der Waals surface area contributed by atoms with E-state index in [0.29, 0.717) is 21.7 Å². The Kier molecular flexibility index (Phi) is 10.4. The fourth-order valence-electron chi connectivity index (χ4n) is 1.65. The van der Waals surface area contributed by atoms with Crippen LogP contribution in [0.15, 0.2) is 35.4 Å². The highest BCUT2D eigenvalue weighted by Crippen LogP contribution is 2.25. The second-order valence-corrected chi connectivity index (χ2v) is 4.64. The molecule has 0 saturated heterocycles. The molecule has 2 rings (SSSR count). The molecule has 0 unspecified atom stereocenters. The first-order valence-corrected chi connectivity index (χ1v) is 8.69. The lowest BCUT2D eigenvalue weighted by Crippen LogP contribution is -2.11.